The highest BCUT2D eigenvalue weighted by atomic mass is 16.5. The van der Waals surface area contributed by atoms with Crippen molar-refractivity contribution in [3.8, 4) is 23.0 Å². The predicted molar refractivity (Wildman–Crippen MR) is 48.0 cm³/mol. The molecule has 1 rings (SSSR count). The van der Waals surface area contributed by atoms with E-state index >= 15 is 0 Å². The third-order valence-electron chi connectivity index (χ3n) is 1.81. The number of Topliss-reactive ketones (excluding diaryl/α,β-unsaturated/α-hetero) is 1. The summed E-state index contributed by atoms with van der Waals surface area (Å²) in [5, 5.41) is 27.7. The van der Waals surface area contributed by atoms with Gasteiger partial charge in [0.15, 0.2) is 17.3 Å². The number of carbonyl (C=O) groups is 1. The van der Waals surface area contributed by atoms with Gasteiger partial charge < -0.3 is 20.1 Å². The molecule has 76 valence electrons. The van der Waals surface area contributed by atoms with Gasteiger partial charge in [-0.15, -0.1) is 0 Å². The molecule has 0 bridgehead atoms. The second-order valence-corrected chi connectivity index (χ2v) is 2.73. The van der Waals surface area contributed by atoms with Gasteiger partial charge in [-0.25, -0.2) is 0 Å². The van der Waals surface area contributed by atoms with Gasteiger partial charge in [0.1, 0.15) is 0 Å². The van der Waals surface area contributed by atoms with E-state index in [1.807, 2.05) is 0 Å². The summed E-state index contributed by atoms with van der Waals surface area (Å²) in [7, 11) is 1.27. The third-order valence-corrected chi connectivity index (χ3v) is 1.81. The van der Waals surface area contributed by atoms with Crippen molar-refractivity contribution in [1.29, 1.82) is 0 Å². The van der Waals surface area contributed by atoms with Gasteiger partial charge in [0.25, 0.3) is 0 Å². The zero-order chi connectivity index (χ0) is 10.9. The van der Waals surface area contributed by atoms with E-state index in [1.165, 1.54) is 14.0 Å². The van der Waals surface area contributed by atoms with Gasteiger partial charge in [-0.3, -0.25) is 4.79 Å². The normalized spacial score (nSPS) is 9.86. The van der Waals surface area contributed by atoms with E-state index < -0.39 is 23.0 Å². The molecular weight excluding hydrogens is 188 g/mol. The number of hydrogen-bond donors (Lipinski definition) is 3. The minimum atomic E-state index is -0.755. The Balaban J connectivity index is 3.48. The Morgan fingerprint density at radius 2 is 1.79 bits per heavy atom. The third kappa shape index (κ3) is 1.44. The van der Waals surface area contributed by atoms with E-state index in [2.05, 4.69) is 0 Å². The monoisotopic (exact) mass is 198 g/mol. The summed E-state index contributed by atoms with van der Waals surface area (Å²) in [5.74, 6) is -2.48. The first-order chi connectivity index (χ1) is 6.49. The first-order valence-electron chi connectivity index (χ1n) is 3.81. The molecule has 5 heteroatoms. The van der Waals surface area contributed by atoms with Crippen molar-refractivity contribution in [2.24, 2.45) is 0 Å². The van der Waals surface area contributed by atoms with Gasteiger partial charge in [0.2, 0.25) is 11.5 Å². The average Bonchev–Trinajstić information content (AvgIpc) is 2.14. The molecule has 5 nitrogen and oxygen atoms in total. The molecule has 0 unspecified atom stereocenters. The van der Waals surface area contributed by atoms with Crippen LogP contribution in [0.1, 0.15) is 17.3 Å². The highest BCUT2D eigenvalue weighted by molar-refractivity contribution is 5.98. The summed E-state index contributed by atoms with van der Waals surface area (Å²) in [6.07, 6.45) is 0. The Morgan fingerprint density at radius 1 is 1.21 bits per heavy atom. The van der Waals surface area contributed by atoms with Crippen molar-refractivity contribution in [2.75, 3.05) is 7.11 Å². The van der Waals surface area contributed by atoms with Crippen LogP contribution in [0.25, 0.3) is 0 Å². The number of ether oxygens (including phenoxy) is 1. The number of methoxy groups -OCH3 is 1. The van der Waals surface area contributed by atoms with Gasteiger partial charge in [0, 0.05) is 0 Å². The first-order valence-corrected chi connectivity index (χ1v) is 3.81. The summed E-state index contributed by atoms with van der Waals surface area (Å²) in [6, 6.07) is 1.16. The van der Waals surface area contributed by atoms with E-state index in [0.717, 1.165) is 6.07 Å². The summed E-state index contributed by atoms with van der Waals surface area (Å²) >= 11 is 0. The molecule has 3 N–H and O–H groups in total. The van der Waals surface area contributed by atoms with Crippen LogP contribution in [0, 0.1) is 0 Å². The molecule has 0 saturated heterocycles. The first kappa shape index (κ1) is 10.2. The van der Waals surface area contributed by atoms with Crippen LogP contribution in [0.15, 0.2) is 6.07 Å². The van der Waals surface area contributed by atoms with Crippen LogP contribution in [-0.4, -0.2) is 28.2 Å². The molecule has 0 fully saturated rings. The number of phenols is 3. The maximum Gasteiger partial charge on any atom is 0.205 e. The van der Waals surface area contributed by atoms with Crippen LogP contribution in [-0.2, 0) is 0 Å². The molecular formula is C9H10O5. The lowest BCUT2D eigenvalue weighted by Gasteiger charge is -2.09. The van der Waals surface area contributed by atoms with E-state index in [1.54, 1.807) is 0 Å². The zero-order valence-corrected chi connectivity index (χ0v) is 7.74. The van der Waals surface area contributed by atoms with Crippen LogP contribution in [0.5, 0.6) is 23.0 Å². The van der Waals surface area contributed by atoms with Crippen molar-refractivity contribution in [3.63, 3.8) is 0 Å². The number of ketones is 1. The van der Waals surface area contributed by atoms with Gasteiger partial charge in [-0.2, -0.15) is 0 Å². The Kier molecular flexibility index (Phi) is 2.51. The van der Waals surface area contributed by atoms with Crippen molar-refractivity contribution < 1.29 is 24.9 Å². The van der Waals surface area contributed by atoms with Crippen molar-refractivity contribution in [2.45, 2.75) is 6.92 Å². The van der Waals surface area contributed by atoms with Crippen LogP contribution in [0.3, 0.4) is 0 Å². The summed E-state index contributed by atoms with van der Waals surface area (Å²) in [4.78, 5) is 11.0. The molecule has 0 spiro atoms. The summed E-state index contributed by atoms with van der Waals surface area (Å²) in [6.45, 7) is 1.23. The molecule has 0 aromatic heterocycles. The molecule has 1 aromatic carbocycles. The minimum Gasteiger partial charge on any atom is -0.504 e. The van der Waals surface area contributed by atoms with Gasteiger partial charge in [-0.05, 0) is 13.0 Å². The van der Waals surface area contributed by atoms with Crippen molar-refractivity contribution in [3.05, 3.63) is 11.6 Å². The molecule has 0 atom stereocenters. The standard InChI is InChI=1S/C9H10O5/c1-4(10)5-3-6(14-2)8(12)9(13)7(5)11/h3,11-13H,1-2H3. The molecule has 0 amide bonds. The number of benzene rings is 1. The minimum absolute atomic E-state index is 0.0644. The number of carbonyl (C=O) groups excluding carboxylic acids is 1. The molecule has 1 aromatic rings. The maximum absolute atomic E-state index is 11.0. The highest BCUT2D eigenvalue weighted by Gasteiger charge is 2.19. The Bertz CT molecular complexity index is 383. The maximum atomic E-state index is 11.0. The summed E-state index contributed by atoms with van der Waals surface area (Å²) < 4.78 is 4.70. The topological polar surface area (TPSA) is 87.0 Å². The van der Waals surface area contributed by atoms with Gasteiger partial charge in [0.05, 0.1) is 12.7 Å². The van der Waals surface area contributed by atoms with Crippen LogP contribution >= 0.6 is 0 Å². The lowest BCUT2D eigenvalue weighted by Crippen LogP contribution is -1.95. The number of phenolic OH excluding ortho intramolecular Hbond substituents is 3. The quantitative estimate of drug-likeness (QED) is 0.487. The zero-order valence-electron chi connectivity index (χ0n) is 7.74. The molecule has 0 aliphatic heterocycles. The molecule has 14 heavy (non-hydrogen) atoms. The Morgan fingerprint density at radius 3 is 2.21 bits per heavy atom. The van der Waals surface area contributed by atoms with E-state index in [4.69, 9.17) is 4.74 Å². The predicted octanol–water partition coefficient (Wildman–Crippen LogP) is 1.01. The second kappa shape index (κ2) is 3.45. The molecule has 0 saturated carbocycles. The van der Waals surface area contributed by atoms with Gasteiger partial charge >= 0.3 is 0 Å². The van der Waals surface area contributed by atoms with E-state index in [0.29, 0.717) is 0 Å². The molecule has 0 radical (unpaired) electrons. The molecule has 0 aliphatic carbocycles. The second-order valence-electron chi connectivity index (χ2n) is 2.73. The largest absolute Gasteiger partial charge is 0.504 e. The molecule has 0 aliphatic rings. The number of hydrogen-bond acceptors (Lipinski definition) is 5. The van der Waals surface area contributed by atoms with Crippen LogP contribution in [0.2, 0.25) is 0 Å². The lowest BCUT2D eigenvalue weighted by atomic mass is 10.1. The fraction of sp³-hybridized carbons (Fsp3) is 0.222. The highest BCUT2D eigenvalue weighted by Crippen LogP contribution is 2.44. The van der Waals surface area contributed by atoms with Crippen molar-refractivity contribution in [1.82, 2.24) is 0 Å². The fourth-order valence-electron chi connectivity index (χ4n) is 1.05. The Labute approximate surface area is 80.2 Å². The Hall–Kier alpha value is -1.91. The smallest absolute Gasteiger partial charge is 0.205 e. The summed E-state index contributed by atoms with van der Waals surface area (Å²) in [5.41, 5.74) is -0.0999. The van der Waals surface area contributed by atoms with Gasteiger partial charge in [-0.1, -0.05) is 0 Å². The van der Waals surface area contributed by atoms with E-state index in [9.17, 15) is 20.1 Å². The fourth-order valence-corrected chi connectivity index (χ4v) is 1.05. The van der Waals surface area contributed by atoms with Crippen LogP contribution in [0.4, 0.5) is 0 Å². The van der Waals surface area contributed by atoms with Crippen LogP contribution < -0.4 is 4.74 Å². The number of aromatic hydroxyl groups is 3. The van der Waals surface area contributed by atoms with E-state index in [-0.39, 0.29) is 11.3 Å². The molecule has 0 heterocycles. The van der Waals surface area contributed by atoms with Crippen molar-refractivity contribution >= 4 is 5.78 Å². The number of rotatable bonds is 2. The average molecular weight is 198 g/mol. The SMILES string of the molecule is COc1cc(C(C)=O)c(O)c(O)c1O. The lowest BCUT2D eigenvalue weighted by molar-refractivity contribution is 0.101.